The summed E-state index contributed by atoms with van der Waals surface area (Å²) < 4.78 is 37.9. The molecule has 3 aromatic rings. The summed E-state index contributed by atoms with van der Waals surface area (Å²) in [6, 6.07) is 24.3. The number of rotatable bonds is 4. The number of hydrogen-bond acceptors (Lipinski definition) is 1. The zero-order chi connectivity index (χ0) is 18.4. The van der Waals surface area contributed by atoms with Crippen LogP contribution < -0.4 is 0 Å². The van der Waals surface area contributed by atoms with Crippen LogP contribution in [0.1, 0.15) is 16.7 Å². The molecule has 0 heterocycles. The highest BCUT2D eigenvalue weighted by Crippen LogP contribution is 2.30. The molecule has 0 atom stereocenters. The number of aliphatic imine (C=N–C) groups is 1. The van der Waals surface area contributed by atoms with Gasteiger partial charge < -0.3 is 0 Å². The summed E-state index contributed by atoms with van der Waals surface area (Å²) in [6.45, 7) is 0. The maximum absolute atomic E-state index is 12.6. The Morgan fingerprint density at radius 1 is 0.731 bits per heavy atom. The SMILES string of the molecule is FC(F)(F)c1ccc(N=C/C(=C/c2ccccc2)c2ccccc2)cc1. The molecule has 0 N–H and O–H groups in total. The van der Waals surface area contributed by atoms with Crippen LogP contribution in [-0.2, 0) is 6.18 Å². The van der Waals surface area contributed by atoms with Crippen molar-refractivity contribution < 1.29 is 13.2 Å². The Balaban J connectivity index is 1.91. The first-order valence-electron chi connectivity index (χ1n) is 8.06. The summed E-state index contributed by atoms with van der Waals surface area (Å²) >= 11 is 0. The smallest absolute Gasteiger partial charge is 0.256 e. The van der Waals surface area contributed by atoms with E-state index in [-0.39, 0.29) is 0 Å². The van der Waals surface area contributed by atoms with Gasteiger partial charge in [0.2, 0.25) is 0 Å². The topological polar surface area (TPSA) is 12.4 Å². The second kappa shape index (κ2) is 7.83. The van der Waals surface area contributed by atoms with Crippen molar-refractivity contribution in [1.29, 1.82) is 0 Å². The van der Waals surface area contributed by atoms with Gasteiger partial charge in [-0.15, -0.1) is 0 Å². The molecule has 0 spiro atoms. The predicted octanol–water partition coefficient (Wildman–Crippen LogP) is 6.65. The molecule has 1 nitrogen and oxygen atoms in total. The fourth-order valence-electron chi connectivity index (χ4n) is 2.44. The van der Waals surface area contributed by atoms with E-state index < -0.39 is 11.7 Å². The van der Waals surface area contributed by atoms with Gasteiger partial charge in [-0.1, -0.05) is 60.7 Å². The van der Waals surface area contributed by atoms with Crippen LogP contribution in [0.4, 0.5) is 18.9 Å². The lowest BCUT2D eigenvalue weighted by Crippen LogP contribution is -2.03. The molecule has 0 aromatic heterocycles. The third kappa shape index (κ3) is 4.70. The highest BCUT2D eigenvalue weighted by atomic mass is 19.4. The van der Waals surface area contributed by atoms with Crippen LogP contribution in [0.3, 0.4) is 0 Å². The first-order chi connectivity index (χ1) is 12.5. The second-order valence-electron chi connectivity index (χ2n) is 5.68. The Labute approximate surface area is 150 Å². The Morgan fingerprint density at radius 3 is 1.88 bits per heavy atom. The lowest BCUT2D eigenvalue weighted by Gasteiger charge is -2.06. The van der Waals surface area contributed by atoms with Gasteiger partial charge >= 0.3 is 6.18 Å². The lowest BCUT2D eigenvalue weighted by atomic mass is 10.0. The predicted molar refractivity (Wildman–Crippen MR) is 100 cm³/mol. The molecular formula is C22H16F3N. The number of nitrogens with zero attached hydrogens (tertiary/aromatic N) is 1. The maximum Gasteiger partial charge on any atom is 0.416 e. The summed E-state index contributed by atoms with van der Waals surface area (Å²) in [6.07, 6.45) is -0.682. The first kappa shape index (κ1) is 17.7. The molecule has 0 saturated carbocycles. The van der Waals surface area contributed by atoms with E-state index in [0.29, 0.717) is 5.69 Å². The Bertz CT molecular complexity index is 894. The van der Waals surface area contributed by atoms with Crippen molar-refractivity contribution in [3.63, 3.8) is 0 Å². The van der Waals surface area contributed by atoms with Crippen LogP contribution in [0.2, 0.25) is 0 Å². The Hall–Kier alpha value is -3.14. The molecule has 130 valence electrons. The van der Waals surface area contributed by atoms with Gasteiger partial charge in [0.25, 0.3) is 0 Å². The van der Waals surface area contributed by atoms with Crippen LogP contribution in [0, 0.1) is 0 Å². The maximum atomic E-state index is 12.6. The number of allylic oxidation sites excluding steroid dienone is 1. The fourth-order valence-corrected chi connectivity index (χ4v) is 2.44. The van der Waals surface area contributed by atoms with Gasteiger partial charge in [-0.3, -0.25) is 4.99 Å². The minimum absolute atomic E-state index is 0.466. The molecule has 3 rings (SSSR count). The number of benzene rings is 3. The molecule has 0 aliphatic heterocycles. The summed E-state index contributed by atoms with van der Waals surface area (Å²) in [5.74, 6) is 0. The van der Waals surface area contributed by atoms with Crippen LogP contribution in [0.15, 0.2) is 89.9 Å². The molecule has 3 aromatic carbocycles. The number of hydrogen-bond donors (Lipinski definition) is 0. The monoisotopic (exact) mass is 351 g/mol. The van der Waals surface area contributed by atoms with Crippen molar-refractivity contribution in [2.75, 3.05) is 0 Å². The highest BCUT2D eigenvalue weighted by Gasteiger charge is 2.29. The zero-order valence-corrected chi connectivity index (χ0v) is 13.8. The molecule has 0 radical (unpaired) electrons. The number of halogens is 3. The van der Waals surface area contributed by atoms with E-state index in [2.05, 4.69) is 4.99 Å². The quantitative estimate of drug-likeness (QED) is 0.369. The van der Waals surface area contributed by atoms with Gasteiger partial charge in [-0.05, 0) is 41.5 Å². The normalized spacial score (nSPS) is 12.5. The third-order valence-electron chi connectivity index (χ3n) is 3.78. The minimum atomic E-state index is -4.34. The van der Waals surface area contributed by atoms with Crippen LogP contribution >= 0.6 is 0 Å². The van der Waals surface area contributed by atoms with Crippen LogP contribution in [-0.4, -0.2) is 6.21 Å². The molecule has 26 heavy (non-hydrogen) atoms. The van der Waals surface area contributed by atoms with Crippen molar-refractivity contribution >= 4 is 23.6 Å². The van der Waals surface area contributed by atoms with Gasteiger partial charge in [0.1, 0.15) is 0 Å². The van der Waals surface area contributed by atoms with Gasteiger partial charge in [-0.2, -0.15) is 13.2 Å². The van der Waals surface area contributed by atoms with E-state index in [9.17, 15) is 13.2 Å². The lowest BCUT2D eigenvalue weighted by molar-refractivity contribution is -0.137. The summed E-state index contributed by atoms with van der Waals surface area (Å²) in [7, 11) is 0. The molecule has 0 fully saturated rings. The van der Waals surface area contributed by atoms with Crippen LogP contribution in [0.5, 0.6) is 0 Å². The van der Waals surface area contributed by atoms with Crippen molar-refractivity contribution in [2.45, 2.75) is 6.18 Å². The molecule has 0 aliphatic rings. The van der Waals surface area contributed by atoms with E-state index in [1.54, 1.807) is 6.21 Å². The molecule has 0 bridgehead atoms. The second-order valence-corrected chi connectivity index (χ2v) is 5.68. The van der Waals surface area contributed by atoms with E-state index in [1.807, 2.05) is 66.7 Å². The van der Waals surface area contributed by atoms with Crippen molar-refractivity contribution in [1.82, 2.24) is 0 Å². The zero-order valence-electron chi connectivity index (χ0n) is 13.8. The Morgan fingerprint density at radius 2 is 1.31 bits per heavy atom. The molecule has 0 saturated heterocycles. The van der Waals surface area contributed by atoms with Crippen molar-refractivity contribution in [3.8, 4) is 0 Å². The van der Waals surface area contributed by atoms with Gasteiger partial charge in [-0.25, -0.2) is 0 Å². The molecule has 0 amide bonds. The van der Waals surface area contributed by atoms with Gasteiger partial charge in [0, 0.05) is 11.8 Å². The molecule has 0 unspecified atom stereocenters. The molecule has 0 aliphatic carbocycles. The average molecular weight is 351 g/mol. The summed E-state index contributed by atoms with van der Waals surface area (Å²) in [4.78, 5) is 4.34. The third-order valence-corrected chi connectivity index (χ3v) is 3.78. The Kier molecular flexibility index (Phi) is 5.32. The highest BCUT2D eigenvalue weighted by molar-refractivity contribution is 6.16. The van der Waals surface area contributed by atoms with Crippen LogP contribution in [0.25, 0.3) is 11.6 Å². The first-order valence-corrected chi connectivity index (χ1v) is 8.06. The van der Waals surface area contributed by atoms with Gasteiger partial charge in [0.05, 0.1) is 11.3 Å². The van der Waals surface area contributed by atoms with E-state index in [4.69, 9.17) is 0 Å². The largest absolute Gasteiger partial charge is 0.416 e. The van der Waals surface area contributed by atoms with E-state index >= 15 is 0 Å². The molecule has 4 heteroatoms. The van der Waals surface area contributed by atoms with Crippen molar-refractivity contribution in [2.24, 2.45) is 4.99 Å². The summed E-state index contributed by atoms with van der Waals surface area (Å²) in [5.41, 5.74) is 2.65. The van der Waals surface area contributed by atoms with Crippen molar-refractivity contribution in [3.05, 3.63) is 102 Å². The average Bonchev–Trinajstić information content (AvgIpc) is 2.66. The number of alkyl halides is 3. The molecular weight excluding hydrogens is 335 g/mol. The van der Waals surface area contributed by atoms with E-state index in [0.717, 1.165) is 28.8 Å². The van der Waals surface area contributed by atoms with E-state index in [1.165, 1.54) is 12.1 Å². The summed E-state index contributed by atoms with van der Waals surface area (Å²) in [5, 5.41) is 0. The standard InChI is InChI=1S/C22H16F3N/c23-22(24,25)20-11-13-21(14-12-20)26-16-19(18-9-5-2-6-10-18)15-17-7-3-1-4-8-17/h1-16H/b19-15-,26-16?. The fraction of sp³-hybridized carbons (Fsp3) is 0.0455. The minimum Gasteiger partial charge on any atom is -0.256 e. The van der Waals surface area contributed by atoms with Gasteiger partial charge in [0.15, 0.2) is 0 Å².